The number of hydrogen-bond acceptors (Lipinski definition) is 4. The molecule has 1 amide bonds. The Hall–Kier alpha value is -2.97. The van der Waals surface area contributed by atoms with Crippen LogP contribution in [0.1, 0.15) is 38.4 Å². The smallest absolute Gasteiger partial charge is 0.272 e. The molecule has 7 nitrogen and oxygen atoms in total. The first-order chi connectivity index (χ1) is 14.8. The van der Waals surface area contributed by atoms with Gasteiger partial charge in [0.05, 0.1) is 4.90 Å². The van der Waals surface area contributed by atoms with Crippen molar-refractivity contribution in [3.63, 3.8) is 0 Å². The van der Waals surface area contributed by atoms with Crippen molar-refractivity contribution in [1.82, 2.24) is 19.4 Å². The molecule has 31 heavy (non-hydrogen) atoms. The molecule has 2 aromatic carbocycles. The summed E-state index contributed by atoms with van der Waals surface area (Å²) in [6.07, 6.45) is 0.509. The fourth-order valence-corrected chi connectivity index (χ4v) is 5.48. The topological polar surface area (TPSA) is 84.3 Å². The van der Waals surface area contributed by atoms with Crippen LogP contribution in [0.4, 0.5) is 0 Å². The minimum absolute atomic E-state index is 0.132. The molecular formula is C23H26N4O3S. The minimum Gasteiger partial charge on any atom is -0.347 e. The molecule has 1 aliphatic heterocycles. The van der Waals surface area contributed by atoms with E-state index < -0.39 is 10.0 Å². The average molecular weight is 439 g/mol. The summed E-state index contributed by atoms with van der Waals surface area (Å²) in [6, 6.07) is 14.8. The SMILES string of the molecule is Cc1cccc(CNC(=O)c2nn(C)c3c2CN(S(=O)(=O)c2cccc(C)c2)CC3)c1. The normalized spacial score (nSPS) is 14.3. The van der Waals surface area contributed by atoms with E-state index in [1.807, 2.05) is 44.2 Å². The molecule has 0 atom stereocenters. The van der Waals surface area contributed by atoms with E-state index in [9.17, 15) is 13.2 Å². The van der Waals surface area contributed by atoms with E-state index in [0.717, 1.165) is 22.4 Å². The first-order valence-electron chi connectivity index (χ1n) is 10.2. The van der Waals surface area contributed by atoms with Crippen molar-refractivity contribution in [2.45, 2.75) is 38.3 Å². The van der Waals surface area contributed by atoms with Crippen molar-refractivity contribution < 1.29 is 13.2 Å². The summed E-state index contributed by atoms with van der Waals surface area (Å²) < 4.78 is 29.5. The van der Waals surface area contributed by atoms with Crippen LogP contribution < -0.4 is 5.32 Å². The molecular weight excluding hydrogens is 412 g/mol. The maximum atomic E-state index is 13.2. The highest BCUT2D eigenvalue weighted by Gasteiger charge is 2.33. The molecule has 0 saturated carbocycles. The van der Waals surface area contributed by atoms with Gasteiger partial charge in [-0.3, -0.25) is 9.48 Å². The van der Waals surface area contributed by atoms with E-state index in [0.29, 0.717) is 25.1 Å². The van der Waals surface area contributed by atoms with Gasteiger partial charge in [-0.25, -0.2) is 8.42 Å². The highest BCUT2D eigenvalue weighted by atomic mass is 32.2. The lowest BCUT2D eigenvalue weighted by atomic mass is 10.1. The largest absolute Gasteiger partial charge is 0.347 e. The van der Waals surface area contributed by atoms with E-state index in [1.54, 1.807) is 29.9 Å². The van der Waals surface area contributed by atoms with Crippen LogP contribution in [0.2, 0.25) is 0 Å². The molecule has 1 aromatic heterocycles. The van der Waals surface area contributed by atoms with Crippen LogP contribution in [0.3, 0.4) is 0 Å². The molecule has 2 heterocycles. The van der Waals surface area contributed by atoms with Gasteiger partial charge in [-0.2, -0.15) is 9.40 Å². The van der Waals surface area contributed by atoms with Crippen molar-refractivity contribution in [2.75, 3.05) is 6.54 Å². The molecule has 1 N–H and O–H groups in total. The maximum Gasteiger partial charge on any atom is 0.272 e. The van der Waals surface area contributed by atoms with E-state index in [1.165, 1.54) is 4.31 Å². The van der Waals surface area contributed by atoms with Gasteiger partial charge < -0.3 is 5.32 Å². The Labute approximate surface area is 182 Å². The number of carbonyl (C=O) groups is 1. The molecule has 8 heteroatoms. The fraction of sp³-hybridized carbons (Fsp3) is 0.304. The molecule has 0 radical (unpaired) electrons. The van der Waals surface area contributed by atoms with Crippen molar-refractivity contribution in [2.24, 2.45) is 7.05 Å². The molecule has 0 saturated heterocycles. The summed E-state index contributed by atoms with van der Waals surface area (Å²) >= 11 is 0. The third-order valence-electron chi connectivity index (χ3n) is 5.59. The molecule has 162 valence electrons. The van der Waals surface area contributed by atoms with E-state index in [2.05, 4.69) is 10.4 Å². The van der Waals surface area contributed by atoms with Gasteiger partial charge in [0.1, 0.15) is 0 Å². The highest BCUT2D eigenvalue weighted by Crippen LogP contribution is 2.27. The zero-order chi connectivity index (χ0) is 22.2. The molecule has 4 rings (SSSR count). The summed E-state index contributed by atoms with van der Waals surface area (Å²) in [7, 11) is -1.86. The quantitative estimate of drug-likeness (QED) is 0.664. The monoisotopic (exact) mass is 438 g/mol. The molecule has 3 aromatic rings. The maximum absolute atomic E-state index is 13.2. The molecule has 0 unspecified atom stereocenters. The standard InChI is InChI=1S/C23H26N4O3S/c1-16-6-4-8-18(12-16)14-24-23(28)22-20-15-27(11-10-21(20)26(3)25-22)31(29,30)19-9-5-7-17(2)13-19/h4-9,12-13H,10-11,14-15H2,1-3H3,(H,24,28). The lowest BCUT2D eigenvalue weighted by molar-refractivity contribution is 0.0943. The highest BCUT2D eigenvalue weighted by molar-refractivity contribution is 7.89. The zero-order valence-corrected chi connectivity index (χ0v) is 18.7. The van der Waals surface area contributed by atoms with Crippen molar-refractivity contribution in [3.05, 3.63) is 82.2 Å². The fourth-order valence-electron chi connectivity index (χ4n) is 3.97. The van der Waals surface area contributed by atoms with Gasteiger partial charge in [0.25, 0.3) is 5.91 Å². The van der Waals surface area contributed by atoms with Gasteiger partial charge in [-0.1, -0.05) is 42.0 Å². The lowest BCUT2D eigenvalue weighted by Crippen LogP contribution is -2.37. The Morgan fingerprint density at radius 3 is 2.52 bits per heavy atom. The first kappa shape index (κ1) is 21.3. The molecule has 0 bridgehead atoms. The Bertz CT molecular complexity index is 1250. The number of carbonyl (C=O) groups excluding carboxylic acids is 1. The van der Waals surface area contributed by atoms with E-state index in [-0.39, 0.29) is 23.0 Å². The van der Waals surface area contributed by atoms with Crippen LogP contribution in [0.25, 0.3) is 0 Å². The number of nitrogens with one attached hydrogen (secondary N) is 1. The van der Waals surface area contributed by atoms with Gasteiger partial charge in [-0.05, 0) is 37.1 Å². The predicted octanol–water partition coefficient (Wildman–Crippen LogP) is 2.71. The van der Waals surface area contributed by atoms with Crippen molar-refractivity contribution in [3.8, 4) is 0 Å². The predicted molar refractivity (Wildman–Crippen MR) is 118 cm³/mol. The van der Waals surface area contributed by atoms with Crippen LogP contribution >= 0.6 is 0 Å². The number of fused-ring (bicyclic) bond motifs is 1. The number of amides is 1. The summed E-state index contributed by atoms with van der Waals surface area (Å²) in [4.78, 5) is 13.2. The van der Waals surface area contributed by atoms with Crippen LogP contribution in [-0.4, -0.2) is 35.0 Å². The second-order valence-electron chi connectivity index (χ2n) is 7.97. The number of aromatic nitrogens is 2. The number of rotatable bonds is 5. The van der Waals surface area contributed by atoms with Gasteiger partial charge in [0.15, 0.2) is 5.69 Å². The third-order valence-corrected chi connectivity index (χ3v) is 7.43. The number of hydrogen-bond donors (Lipinski definition) is 1. The zero-order valence-electron chi connectivity index (χ0n) is 17.9. The Morgan fingerprint density at radius 1 is 1.10 bits per heavy atom. The van der Waals surface area contributed by atoms with Crippen LogP contribution in [-0.2, 0) is 36.6 Å². The van der Waals surface area contributed by atoms with Gasteiger partial charge in [0, 0.05) is 44.4 Å². The van der Waals surface area contributed by atoms with Crippen molar-refractivity contribution in [1.29, 1.82) is 0 Å². The number of sulfonamides is 1. The summed E-state index contributed by atoms with van der Waals surface area (Å²) in [5.74, 6) is -0.298. The van der Waals surface area contributed by atoms with Crippen LogP contribution in [0.15, 0.2) is 53.4 Å². The van der Waals surface area contributed by atoms with Gasteiger partial charge >= 0.3 is 0 Å². The van der Waals surface area contributed by atoms with Gasteiger partial charge in [-0.15, -0.1) is 0 Å². The Morgan fingerprint density at radius 2 is 1.81 bits per heavy atom. The van der Waals surface area contributed by atoms with E-state index in [4.69, 9.17) is 0 Å². The summed E-state index contributed by atoms with van der Waals surface area (Å²) in [5, 5.41) is 7.32. The van der Waals surface area contributed by atoms with Crippen molar-refractivity contribution >= 4 is 15.9 Å². The molecule has 0 aliphatic carbocycles. The molecule has 0 spiro atoms. The summed E-state index contributed by atoms with van der Waals surface area (Å²) in [6.45, 7) is 4.74. The number of aryl methyl sites for hydroxylation is 3. The Kier molecular flexibility index (Phi) is 5.68. The third kappa shape index (κ3) is 4.26. The number of nitrogens with zero attached hydrogens (tertiary/aromatic N) is 3. The Balaban J connectivity index is 1.57. The summed E-state index contributed by atoms with van der Waals surface area (Å²) in [5.41, 5.74) is 4.87. The van der Waals surface area contributed by atoms with Gasteiger partial charge in [0.2, 0.25) is 10.0 Å². The lowest BCUT2D eigenvalue weighted by Gasteiger charge is -2.27. The minimum atomic E-state index is -3.66. The van der Waals surface area contributed by atoms with Crippen LogP contribution in [0.5, 0.6) is 0 Å². The van der Waals surface area contributed by atoms with Crippen LogP contribution in [0, 0.1) is 13.8 Å². The second-order valence-corrected chi connectivity index (χ2v) is 9.91. The molecule has 0 fully saturated rings. The average Bonchev–Trinajstić information content (AvgIpc) is 3.08. The number of benzene rings is 2. The first-order valence-corrected chi connectivity index (χ1v) is 11.6. The molecule has 1 aliphatic rings. The van der Waals surface area contributed by atoms with E-state index >= 15 is 0 Å². The second kappa shape index (κ2) is 8.28.